The second-order valence-electron chi connectivity index (χ2n) is 7.77. The molecule has 0 radical (unpaired) electrons. The molecule has 0 bridgehead atoms. The van der Waals surface area contributed by atoms with Gasteiger partial charge in [0.15, 0.2) is 11.0 Å². The van der Waals surface area contributed by atoms with Crippen molar-refractivity contribution < 1.29 is 14.3 Å². The monoisotopic (exact) mass is 471 g/mol. The Kier molecular flexibility index (Phi) is 6.14. The van der Waals surface area contributed by atoms with Crippen molar-refractivity contribution in [1.29, 1.82) is 0 Å². The number of nitrogens with zero attached hydrogens (tertiary/aromatic N) is 3. The number of carbonyl (C=O) groups excluding carboxylic acids is 1. The molecule has 10 heteroatoms. The average molecular weight is 472 g/mol. The summed E-state index contributed by atoms with van der Waals surface area (Å²) in [5, 5.41) is 6.00. The van der Waals surface area contributed by atoms with Gasteiger partial charge >= 0.3 is 0 Å². The largest absolute Gasteiger partial charge is 0.381 e. The Balaban J connectivity index is 1.42. The molecule has 0 aliphatic carbocycles. The van der Waals surface area contributed by atoms with Crippen LogP contribution in [0.3, 0.4) is 0 Å². The number of nitrogen functional groups attached to an aromatic ring is 1. The number of carbonyl (C=O) groups is 1. The molecule has 1 amide bonds. The third kappa shape index (κ3) is 4.38. The van der Waals surface area contributed by atoms with Gasteiger partial charge in [-0.3, -0.25) is 4.79 Å². The summed E-state index contributed by atoms with van der Waals surface area (Å²) in [7, 11) is 0. The van der Waals surface area contributed by atoms with Gasteiger partial charge in [0.1, 0.15) is 0 Å². The van der Waals surface area contributed by atoms with Gasteiger partial charge in [-0.15, -0.1) is 0 Å². The number of thioether (sulfide) groups is 1. The number of hydrogen-bond donors (Lipinski definition) is 2. The van der Waals surface area contributed by atoms with E-state index in [-0.39, 0.29) is 23.7 Å². The molecule has 2 aliphatic rings. The molecule has 1 fully saturated rings. The Labute approximate surface area is 194 Å². The molecule has 1 aromatic heterocycles. The highest BCUT2D eigenvalue weighted by Gasteiger charge is 2.21. The molecule has 32 heavy (non-hydrogen) atoms. The van der Waals surface area contributed by atoms with Gasteiger partial charge in [0.2, 0.25) is 11.9 Å². The molecule has 0 atom stereocenters. The number of nitrogens with two attached hydrogens (primary N) is 1. The second kappa shape index (κ2) is 9.19. The van der Waals surface area contributed by atoms with Gasteiger partial charge in [0.25, 0.3) is 0 Å². The summed E-state index contributed by atoms with van der Waals surface area (Å²) < 4.78 is 11.0. The van der Waals surface area contributed by atoms with Crippen molar-refractivity contribution >= 4 is 46.0 Å². The zero-order chi connectivity index (χ0) is 22.1. The average Bonchev–Trinajstić information content (AvgIpc) is 2.78. The van der Waals surface area contributed by atoms with Crippen LogP contribution >= 0.6 is 23.4 Å². The molecule has 0 unspecified atom stereocenters. The molecule has 3 heterocycles. The van der Waals surface area contributed by atoms with Crippen LogP contribution in [0.1, 0.15) is 24.0 Å². The molecule has 3 aromatic rings. The summed E-state index contributed by atoms with van der Waals surface area (Å²) in [5.74, 6) is 0.601. The first-order valence-electron chi connectivity index (χ1n) is 10.4. The van der Waals surface area contributed by atoms with Gasteiger partial charge in [-0.25, -0.2) is 4.98 Å². The van der Waals surface area contributed by atoms with Crippen LogP contribution in [0.25, 0.3) is 22.2 Å². The van der Waals surface area contributed by atoms with Crippen LogP contribution in [-0.4, -0.2) is 45.9 Å². The first-order valence-corrected chi connectivity index (χ1v) is 11.8. The SMILES string of the molecule is Nc1nc(SCC(=O)NC2CCOCC2)nc(-c2c(Cl)cc3c4c(cccc24)COC3)n1. The molecule has 8 nitrogen and oxygen atoms in total. The fraction of sp³-hybridized carbons (Fsp3) is 0.364. The summed E-state index contributed by atoms with van der Waals surface area (Å²) >= 11 is 7.89. The van der Waals surface area contributed by atoms with Crippen molar-refractivity contribution in [3.63, 3.8) is 0 Å². The lowest BCUT2D eigenvalue weighted by Gasteiger charge is -2.22. The van der Waals surface area contributed by atoms with E-state index in [0.29, 0.717) is 48.0 Å². The van der Waals surface area contributed by atoms with E-state index in [1.54, 1.807) is 0 Å². The van der Waals surface area contributed by atoms with E-state index in [1.165, 1.54) is 11.8 Å². The van der Waals surface area contributed by atoms with Crippen LogP contribution in [0.15, 0.2) is 29.4 Å². The summed E-state index contributed by atoms with van der Waals surface area (Å²) in [6, 6.07) is 8.06. The van der Waals surface area contributed by atoms with E-state index in [0.717, 1.165) is 34.7 Å². The van der Waals surface area contributed by atoms with Gasteiger partial charge in [0.05, 0.1) is 24.0 Å². The maximum absolute atomic E-state index is 12.4. The van der Waals surface area contributed by atoms with Gasteiger partial charge in [-0.2, -0.15) is 9.97 Å². The zero-order valence-corrected chi connectivity index (χ0v) is 18.8. The highest BCUT2D eigenvalue weighted by molar-refractivity contribution is 7.99. The molecule has 2 aliphatic heterocycles. The Morgan fingerprint density at radius 2 is 1.97 bits per heavy atom. The Bertz CT molecular complexity index is 1190. The van der Waals surface area contributed by atoms with Crippen molar-refractivity contribution in [3.8, 4) is 11.4 Å². The minimum absolute atomic E-state index is 0.0675. The summed E-state index contributed by atoms with van der Waals surface area (Å²) in [6.07, 6.45) is 1.65. The molecule has 1 saturated heterocycles. The molecule has 0 saturated carbocycles. The van der Waals surface area contributed by atoms with E-state index in [9.17, 15) is 4.79 Å². The van der Waals surface area contributed by atoms with Crippen molar-refractivity contribution in [3.05, 3.63) is 40.4 Å². The molecular formula is C22H22ClN5O3S. The van der Waals surface area contributed by atoms with Crippen molar-refractivity contribution in [2.45, 2.75) is 37.3 Å². The van der Waals surface area contributed by atoms with Crippen LogP contribution < -0.4 is 11.1 Å². The number of aromatic nitrogens is 3. The molecule has 0 spiro atoms. The third-order valence-electron chi connectivity index (χ3n) is 5.57. The number of hydrogen-bond acceptors (Lipinski definition) is 8. The summed E-state index contributed by atoms with van der Waals surface area (Å²) in [5.41, 5.74) is 8.84. The van der Waals surface area contributed by atoms with Crippen molar-refractivity contribution in [2.24, 2.45) is 0 Å². The predicted molar refractivity (Wildman–Crippen MR) is 123 cm³/mol. The van der Waals surface area contributed by atoms with E-state index in [1.807, 2.05) is 24.3 Å². The highest BCUT2D eigenvalue weighted by atomic mass is 35.5. The number of benzene rings is 2. The van der Waals surface area contributed by atoms with E-state index >= 15 is 0 Å². The second-order valence-corrected chi connectivity index (χ2v) is 9.12. The minimum Gasteiger partial charge on any atom is -0.381 e. The maximum Gasteiger partial charge on any atom is 0.230 e. The van der Waals surface area contributed by atoms with E-state index in [2.05, 4.69) is 20.3 Å². The predicted octanol–water partition coefficient (Wildman–Crippen LogP) is 3.34. The highest BCUT2D eigenvalue weighted by Crippen LogP contribution is 2.39. The molecule has 3 N–H and O–H groups in total. The number of rotatable bonds is 5. The lowest BCUT2D eigenvalue weighted by Crippen LogP contribution is -2.39. The Hall–Kier alpha value is -2.46. The van der Waals surface area contributed by atoms with Crippen LogP contribution in [0.4, 0.5) is 5.95 Å². The summed E-state index contributed by atoms with van der Waals surface area (Å²) in [4.78, 5) is 25.5. The van der Waals surface area contributed by atoms with Gasteiger partial charge in [-0.1, -0.05) is 41.6 Å². The van der Waals surface area contributed by atoms with Gasteiger partial charge in [-0.05, 0) is 40.8 Å². The molecule has 2 aromatic carbocycles. The van der Waals surface area contributed by atoms with Crippen LogP contribution in [-0.2, 0) is 27.5 Å². The van der Waals surface area contributed by atoms with Crippen LogP contribution in [0.5, 0.6) is 0 Å². The first-order chi connectivity index (χ1) is 15.6. The number of amides is 1. The number of anilines is 1. The number of ether oxygens (including phenoxy) is 2. The quantitative estimate of drug-likeness (QED) is 0.545. The van der Waals surface area contributed by atoms with Gasteiger partial charge < -0.3 is 20.5 Å². The standard InChI is InChI=1S/C22H22ClN5O3S/c23-16-8-13-10-31-9-12-2-1-3-15(18(12)13)19(16)20-26-21(24)28-22(27-20)32-11-17(29)25-14-4-6-30-7-5-14/h1-3,8,14H,4-7,9-11H2,(H,25,29)(H2,24,26,27,28). The number of nitrogens with one attached hydrogen (secondary N) is 1. The Morgan fingerprint density at radius 1 is 1.16 bits per heavy atom. The molecule has 166 valence electrons. The number of halogens is 1. The first kappa shape index (κ1) is 21.4. The van der Waals surface area contributed by atoms with E-state index < -0.39 is 0 Å². The lowest BCUT2D eigenvalue weighted by atomic mass is 9.94. The van der Waals surface area contributed by atoms with Crippen molar-refractivity contribution in [1.82, 2.24) is 20.3 Å². The minimum atomic E-state index is -0.0675. The third-order valence-corrected chi connectivity index (χ3v) is 6.72. The zero-order valence-electron chi connectivity index (χ0n) is 17.3. The molecule has 5 rings (SSSR count). The maximum atomic E-state index is 12.4. The topological polar surface area (TPSA) is 112 Å². The smallest absolute Gasteiger partial charge is 0.230 e. The van der Waals surface area contributed by atoms with Gasteiger partial charge in [0, 0.05) is 24.8 Å². The summed E-state index contributed by atoms with van der Waals surface area (Å²) in [6.45, 7) is 2.41. The van der Waals surface area contributed by atoms with Crippen molar-refractivity contribution in [2.75, 3.05) is 24.7 Å². The van der Waals surface area contributed by atoms with Crippen LogP contribution in [0, 0.1) is 0 Å². The lowest BCUT2D eigenvalue weighted by molar-refractivity contribution is -0.119. The fourth-order valence-corrected chi connectivity index (χ4v) is 5.11. The Morgan fingerprint density at radius 3 is 2.81 bits per heavy atom. The molecular weight excluding hydrogens is 450 g/mol. The van der Waals surface area contributed by atoms with E-state index in [4.69, 9.17) is 26.8 Å². The fourth-order valence-electron chi connectivity index (χ4n) is 4.14. The van der Waals surface area contributed by atoms with Crippen LogP contribution in [0.2, 0.25) is 5.02 Å². The normalized spacial score (nSPS) is 16.3.